The van der Waals surface area contributed by atoms with Crippen molar-refractivity contribution in [3.63, 3.8) is 0 Å². The van der Waals surface area contributed by atoms with Gasteiger partial charge in [-0.15, -0.1) is 0 Å². The minimum absolute atomic E-state index is 0.0229. The summed E-state index contributed by atoms with van der Waals surface area (Å²) in [5.41, 5.74) is 23.8. The van der Waals surface area contributed by atoms with Gasteiger partial charge in [-0.3, -0.25) is 24.4 Å². The lowest BCUT2D eigenvalue weighted by atomic mass is 9.98. The number of aliphatic imine (C=N–C) groups is 2. The summed E-state index contributed by atoms with van der Waals surface area (Å²) in [6.07, 6.45) is 5.72. The monoisotopic (exact) mass is 852 g/mol. The highest BCUT2D eigenvalue weighted by molar-refractivity contribution is 5.98. The molecule has 19 nitrogen and oxygen atoms in total. The lowest BCUT2D eigenvalue weighted by Crippen LogP contribution is -2.43. The minimum atomic E-state index is -0.996. The topological polar surface area (TPSA) is 301 Å². The molecular formula is C42H60N8O11. The first-order chi connectivity index (χ1) is 29.0. The number of amides is 1. The van der Waals surface area contributed by atoms with E-state index in [1.165, 1.54) is 33.5 Å². The van der Waals surface area contributed by atoms with Crippen LogP contribution in [0.4, 0.5) is 0 Å². The molecule has 11 N–H and O–H groups in total. The predicted molar refractivity (Wildman–Crippen MR) is 233 cm³/mol. The zero-order chi connectivity index (χ0) is 45.2. The third kappa shape index (κ3) is 14.3. The van der Waals surface area contributed by atoms with Crippen LogP contribution in [0.25, 0.3) is 21.9 Å². The first kappa shape index (κ1) is 48.9. The normalized spacial score (nSPS) is 11.8. The first-order valence-electron chi connectivity index (χ1n) is 19.7. The third-order valence-electron chi connectivity index (χ3n) is 9.25. The van der Waals surface area contributed by atoms with Crippen molar-refractivity contribution in [3.8, 4) is 23.0 Å². The van der Waals surface area contributed by atoms with E-state index in [9.17, 15) is 24.3 Å². The molecule has 0 radical (unpaired) electrons. The fraction of sp³-hybridized carbons (Fsp3) is 0.476. The number of rotatable bonds is 24. The number of nitrogens with zero attached hydrogens (tertiary/aromatic N) is 2. The molecule has 0 aliphatic heterocycles. The maximum absolute atomic E-state index is 14.6. The predicted octanol–water partition coefficient (Wildman–Crippen LogP) is 2.33. The van der Waals surface area contributed by atoms with Crippen molar-refractivity contribution in [2.24, 2.45) is 32.9 Å². The number of methoxy groups -OCH3 is 3. The summed E-state index contributed by atoms with van der Waals surface area (Å²) in [6, 6.07) is 1.31. The Bertz CT molecular complexity index is 2200. The number of hydrogen-bond donors (Lipinski definition) is 7. The Kier molecular flexibility index (Phi) is 19.2. The van der Waals surface area contributed by atoms with E-state index in [0.29, 0.717) is 36.9 Å². The van der Waals surface area contributed by atoms with Crippen molar-refractivity contribution >= 4 is 51.7 Å². The quantitative estimate of drug-likeness (QED) is 0.0170. The number of allylic oxidation sites excluding steroid dienone is 4. The number of esters is 2. The molecule has 2 aromatic carbocycles. The number of carbonyl (C=O) groups is 3. The summed E-state index contributed by atoms with van der Waals surface area (Å²) >= 11 is 0. The highest BCUT2D eigenvalue weighted by Crippen LogP contribution is 2.41. The van der Waals surface area contributed by atoms with Crippen LogP contribution in [0.5, 0.6) is 23.0 Å². The lowest BCUT2D eigenvalue weighted by molar-refractivity contribution is -0.145. The molecule has 19 heteroatoms. The van der Waals surface area contributed by atoms with Gasteiger partial charge in [0.1, 0.15) is 46.7 Å². The van der Waals surface area contributed by atoms with E-state index in [1.54, 1.807) is 0 Å². The fourth-order valence-electron chi connectivity index (χ4n) is 6.28. The second kappa shape index (κ2) is 23.9. The summed E-state index contributed by atoms with van der Waals surface area (Å²) in [5, 5.41) is 17.6. The molecule has 0 fully saturated rings. The van der Waals surface area contributed by atoms with Crippen LogP contribution in [0, 0.1) is 0 Å². The van der Waals surface area contributed by atoms with Crippen LogP contribution >= 0.6 is 0 Å². The summed E-state index contributed by atoms with van der Waals surface area (Å²) < 4.78 is 34.1. The van der Waals surface area contributed by atoms with Gasteiger partial charge in [0.15, 0.2) is 30.0 Å². The summed E-state index contributed by atoms with van der Waals surface area (Å²) in [5.74, 6) is -1.71. The van der Waals surface area contributed by atoms with Gasteiger partial charge in [0.25, 0.3) is 5.91 Å². The molecule has 1 heterocycles. The molecule has 0 saturated carbocycles. The van der Waals surface area contributed by atoms with Crippen molar-refractivity contribution in [3.05, 3.63) is 56.8 Å². The third-order valence-corrected chi connectivity index (χ3v) is 9.25. The Morgan fingerprint density at radius 1 is 0.787 bits per heavy atom. The second-order valence-electron chi connectivity index (χ2n) is 14.4. The summed E-state index contributed by atoms with van der Waals surface area (Å²) in [6.45, 7) is 7.92. The van der Waals surface area contributed by atoms with Crippen LogP contribution in [0.1, 0.15) is 64.5 Å². The number of guanidine groups is 2. The van der Waals surface area contributed by atoms with Crippen LogP contribution < -0.4 is 53.2 Å². The lowest BCUT2D eigenvalue weighted by Gasteiger charge is -2.19. The average Bonchev–Trinajstić information content (AvgIpc) is 3.20. The summed E-state index contributed by atoms with van der Waals surface area (Å²) in [4.78, 5) is 60.4. The van der Waals surface area contributed by atoms with Gasteiger partial charge >= 0.3 is 11.9 Å². The van der Waals surface area contributed by atoms with Crippen LogP contribution in [0.2, 0.25) is 0 Å². The summed E-state index contributed by atoms with van der Waals surface area (Å²) in [7, 11) is 3.91. The fourth-order valence-corrected chi connectivity index (χ4v) is 6.28. The van der Waals surface area contributed by atoms with E-state index >= 15 is 0 Å². The molecule has 3 rings (SSSR count). The SMILES string of the molecule is COC(=O)[C@H](CCCN=C(N)N)NC(=O)COc1cc2oc3cc(OCCN[C@H](CCCN=C(N)N)C(=O)OC)c(CC=C(C)C)c(O)c3c(=O)c2c(CC=C(C)C)c1OC. The number of nitrogens with two attached hydrogens (primary N) is 4. The van der Waals surface area contributed by atoms with Crippen molar-refractivity contribution in [2.75, 3.05) is 54.2 Å². The maximum atomic E-state index is 14.6. The number of carbonyl (C=O) groups excluding carboxylic acids is 3. The van der Waals surface area contributed by atoms with Gasteiger partial charge in [0.05, 0.1) is 26.7 Å². The van der Waals surface area contributed by atoms with Crippen molar-refractivity contribution in [1.82, 2.24) is 10.6 Å². The minimum Gasteiger partial charge on any atom is -0.507 e. The van der Waals surface area contributed by atoms with E-state index in [2.05, 4.69) is 20.6 Å². The zero-order valence-corrected chi connectivity index (χ0v) is 36.0. The maximum Gasteiger partial charge on any atom is 0.328 e. The van der Waals surface area contributed by atoms with Gasteiger partial charge in [-0.1, -0.05) is 23.3 Å². The molecular weight excluding hydrogens is 793 g/mol. The van der Waals surface area contributed by atoms with Crippen LogP contribution in [-0.4, -0.2) is 101 Å². The molecule has 0 aliphatic rings. The van der Waals surface area contributed by atoms with Gasteiger partial charge in [-0.05, 0) is 66.2 Å². The molecule has 61 heavy (non-hydrogen) atoms. The van der Waals surface area contributed by atoms with E-state index < -0.39 is 42.0 Å². The number of hydrogen-bond acceptors (Lipinski definition) is 14. The van der Waals surface area contributed by atoms with Gasteiger partial charge < -0.3 is 66.8 Å². The zero-order valence-electron chi connectivity index (χ0n) is 36.0. The molecule has 1 aromatic heterocycles. The van der Waals surface area contributed by atoms with Crippen LogP contribution in [0.15, 0.2) is 54.6 Å². The molecule has 0 unspecified atom stereocenters. The Morgan fingerprint density at radius 2 is 1.33 bits per heavy atom. The number of phenols is 1. The number of ether oxygens (including phenoxy) is 5. The number of benzene rings is 2. The number of phenolic OH excluding ortho intramolecular Hbond substituents is 1. The van der Waals surface area contributed by atoms with Crippen molar-refractivity contribution < 1.29 is 47.6 Å². The molecule has 0 saturated heterocycles. The van der Waals surface area contributed by atoms with Gasteiger partial charge in [-0.25, -0.2) is 4.79 Å². The van der Waals surface area contributed by atoms with Gasteiger partial charge in [0, 0.05) is 42.9 Å². The Balaban J connectivity index is 2.07. The van der Waals surface area contributed by atoms with Gasteiger partial charge in [0.2, 0.25) is 5.43 Å². The Morgan fingerprint density at radius 3 is 1.89 bits per heavy atom. The average molecular weight is 853 g/mol. The van der Waals surface area contributed by atoms with E-state index in [1.807, 2.05) is 39.8 Å². The molecule has 0 spiro atoms. The van der Waals surface area contributed by atoms with Crippen LogP contribution in [0.3, 0.4) is 0 Å². The second-order valence-corrected chi connectivity index (χ2v) is 14.4. The van der Waals surface area contributed by atoms with Crippen molar-refractivity contribution in [1.29, 1.82) is 0 Å². The number of nitrogens with one attached hydrogen (secondary N) is 2. The van der Waals surface area contributed by atoms with E-state index in [0.717, 1.165) is 11.1 Å². The molecule has 1 amide bonds. The smallest absolute Gasteiger partial charge is 0.328 e. The molecule has 0 aliphatic carbocycles. The van der Waals surface area contributed by atoms with Crippen molar-refractivity contribution in [2.45, 2.75) is 78.3 Å². The standard InChI is InChI=1S/C42H60N8O11/c1-23(2)12-14-25-29(59-19-18-47-27(39(54)57-6)10-8-16-48-41(43)44)20-31-35(36(25)52)37(53)34-26(15-13-24(3)4)38(56-5)32(21-30(34)61-31)60-22-33(51)50-28(40(55)58-7)11-9-17-49-42(45)46/h12-13,20-21,27-28,47,52H,8-11,14-19,22H2,1-7H3,(H,50,51)(H4,43,44,48)(H4,45,46,49)/t27-,28+/m1/s1. The Labute approximate surface area is 354 Å². The highest BCUT2D eigenvalue weighted by atomic mass is 16.5. The number of aromatic hydroxyl groups is 1. The number of fused-ring (bicyclic) bond motifs is 2. The largest absolute Gasteiger partial charge is 0.507 e. The van der Waals surface area contributed by atoms with E-state index in [-0.39, 0.29) is 95.8 Å². The highest BCUT2D eigenvalue weighted by Gasteiger charge is 2.26. The molecule has 334 valence electrons. The van der Waals surface area contributed by atoms with Gasteiger partial charge in [-0.2, -0.15) is 0 Å². The van der Waals surface area contributed by atoms with E-state index in [4.69, 9.17) is 51.0 Å². The molecule has 0 bridgehead atoms. The molecule has 2 atom stereocenters. The first-order valence-corrected chi connectivity index (χ1v) is 19.7. The molecule has 3 aromatic rings. The Hall–Kier alpha value is -6.50. The van der Waals surface area contributed by atoms with Crippen LogP contribution in [-0.2, 0) is 36.7 Å².